The van der Waals surface area contributed by atoms with Gasteiger partial charge in [0.15, 0.2) is 0 Å². The van der Waals surface area contributed by atoms with Crippen LogP contribution in [-0.4, -0.2) is 79.3 Å². The van der Waals surface area contributed by atoms with Crippen LogP contribution in [0.15, 0.2) is 48.5 Å². The monoisotopic (exact) mass is 472 g/mol. The maximum absolute atomic E-state index is 13.1. The number of benzene rings is 2. The largest absolute Gasteiger partial charge is 0.495 e. The second kappa shape index (κ2) is 9.59. The lowest BCUT2D eigenvalue weighted by atomic mass is 9.92. The number of aliphatic hydroxyl groups excluding tert-OH is 1. The average molecular weight is 473 g/mol. The predicted molar refractivity (Wildman–Crippen MR) is 127 cm³/mol. The Morgan fingerprint density at radius 1 is 1.06 bits per heavy atom. The molecular formula is C24H29ClN4O4. The van der Waals surface area contributed by atoms with E-state index in [4.69, 9.17) is 16.3 Å². The van der Waals surface area contributed by atoms with Crippen molar-refractivity contribution in [2.75, 3.05) is 51.3 Å². The highest BCUT2D eigenvalue weighted by Gasteiger charge is 2.49. The number of halogens is 1. The number of hydrogen-bond acceptors (Lipinski definition) is 6. The number of nitrogens with one attached hydrogen (secondary N) is 1. The van der Waals surface area contributed by atoms with Crippen LogP contribution >= 0.6 is 11.6 Å². The minimum atomic E-state index is -1.18. The molecule has 8 nitrogen and oxygen atoms in total. The summed E-state index contributed by atoms with van der Waals surface area (Å²) in [6.07, 6.45) is -0.843. The van der Waals surface area contributed by atoms with Crippen LogP contribution in [0.3, 0.4) is 0 Å². The molecule has 2 aliphatic heterocycles. The second-order valence-corrected chi connectivity index (χ2v) is 9.03. The lowest BCUT2D eigenvalue weighted by Gasteiger charge is -2.37. The van der Waals surface area contributed by atoms with Crippen LogP contribution in [-0.2, 0) is 10.3 Å². The first-order valence-corrected chi connectivity index (χ1v) is 11.4. The summed E-state index contributed by atoms with van der Waals surface area (Å²) in [7, 11) is 1.67. The summed E-state index contributed by atoms with van der Waals surface area (Å²) in [5.74, 6) is 0.461. The molecule has 0 aromatic heterocycles. The van der Waals surface area contributed by atoms with Gasteiger partial charge in [0.2, 0.25) is 0 Å². The third-order valence-electron chi connectivity index (χ3n) is 6.36. The third-order valence-corrected chi connectivity index (χ3v) is 6.61. The molecule has 2 aliphatic rings. The first-order chi connectivity index (χ1) is 15.8. The number of carbonyl (C=O) groups is 2. The van der Waals surface area contributed by atoms with Crippen molar-refractivity contribution in [2.45, 2.75) is 18.6 Å². The number of rotatable bonds is 7. The number of amides is 3. The number of hydrogen-bond donors (Lipinski definition) is 2. The molecule has 2 unspecified atom stereocenters. The van der Waals surface area contributed by atoms with E-state index in [1.807, 2.05) is 24.3 Å². The van der Waals surface area contributed by atoms with Gasteiger partial charge in [0, 0.05) is 37.7 Å². The lowest BCUT2D eigenvalue weighted by Crippen LogP contribution is -2.50. The fourth-order valence-electron chi connectivity index (χ4n) is 4.47. The lowest BCUT2D eigenvalue weighted by molar-refractivity contribution is -0.132. The van der Waals surface area contributed by atoms with Gasteiger partial charge in [-0.2, -0.15) is 0 Å². The van der Waals surface area contributed by atoms with Crippen LogP contribution in [0.4, 0.5) is 10.5 Å². The number of aliphatic hydroxyl groups is 1. The Bertz CT molecular complexity index is 1010. The van der Waals surface area contributed by atoms with Gasteiger partial charge in [0.25, 0.3) is 5.91 Å². The molecule has 0 aliphatic carbocycles. The number of β-amino-alcohol motifs (C(OH)–C–C–N with tert-alkyl or cyclic N) is 1. The Morgan fingerprint density at radius 2 is 1.73 bits per heavy atom. The number of para-hydroxylation sites is 2. The Morgan fingerprint density at radius 3 is 2.39 bits per heavy atom. The minimum absolute atomic E-state index is 0.0550. The van der Waals surface area contributed by atoms with E-state index in [-0.39, 0.29) is 12.5 Å². The van der Waals surface area contributed by atoms with Gasteiger partial charge in [0.05, 0.1) is 25.4 Å². The number of anilines is 1. The van der Waals surface area contributed by atoms with Gasteiger partial charge in [-0.15, -0.1) is 0 Å². The van der Waals surface area contributed by atoms with Crippen molar-refractivity contribution >= 4 is 29.2 Å². The fourth-order valence-corrected chi connectivity index (χ4v) is 4.60. The van der Waals surface area contributed by atoms with Crippen molar-refractivity contribution in [2.24, 2.45) is 0 Å². The molecule has 0 spiro atoms. The number of methoxy groups -OCH3 is 1. The highest BCUT2D eigenvalue weighted by Crippen LogP contribution is 2.30. The molecule has 2 saturated heterocycles. The third kappa shape index (κ3) is 4.78. The van der Waals surface area contributed by atoms with Crippen LogP contribution in [0, 0.1) is 0 Å². The molecule has 176 valence electrons. The fraction of sp³-hybridized carbons (Fsp3) is 0.417. The number of carbonyl (C=O) groups excluding carboxylic acids is 2. The molecule has 4 rings (SSSR count). The smallest absolute Gasteiger partial charge is 0.325 e. The van der Waals surface area contributed by atoms with Gasteiger partial charge >= 0.3 is 6.03 Å². The number of nitrogens with zero attached hydrogens (tertiary/aromatic N) is 3. The zero-order valence-corrected chi connectivity index (χ0v) is 19.6. The number of imide groups is 1. The van der Waals surface area contributed by atoms with Crippen LogP contribution < -0.4 is 15.0 Å². The van der Waals surface area contributed by atoms with Gasteiger partial charge < -0.3 is 20.1 Å². The van der Waals surface area contributed by atoms with E-state index in [1.165, 1.54) is 0 Å². The molecule has 2 aromatic carbocycles. The molecule has 2 N–H and O–H groups in total. The summed E-state index contributed by atoms with van der Waals surface area (Å²) in [6, 6.07) is 14.2. The second-order valence-electron chi connectivity index (χ2n) is 8.59. The standard InChI is InChI=1S/C24H29ClN4O4/c1-24(17-7-9-18(25)10-8-17)22(31)29(23(32)26-24)16-19(30)15-27-11-13-28(14-12-27)20-5-3-4-6-21(20)33-2/h3-10,19,30H,11-16H2,1-2H3,(H,26,32). The van der Waals surface area contributed by atoms with Crippen molar-refractivity contribution < 1.29 is 19.4 Å². The van der Waals surface area contributed by atoms with Crippen molar-refractivity contribution in [1.82, 2.24) is 15.1 Å². The van der Waals surface area contributed by atoms with E-state index < -0.39 is 17.7 Å². The minimum Gasteiger partial charge on any atom is -0.495 e. The summed E-state index contributed by atoms with van der Waals surface area (Å²) in [6.45, 7) is 5.11. The average Bonchev–Trinajstić information content (AvgIpc) is 3.03. The first kappa shape index (κ1) is 23.4. The normalized spacial score (nSPS) is 22.4. The van der Waals surface area contributed by atoms with Crippen molar-refractivity contribution in [3.05, 3.63) is 59.1 Å². The van der Waals surface area contributed by atoms with Crippen LogP contribution in [0.1, 0.15) is 12.5 Å². The topological polar surface area (TPSA) is 85.3 Å². The van der Waals surface area contributed by atoms with Gasteiger partial charge in [-0.25, -0.2) is 4.79 Å². The van der Waals surface area contributed by atoms with Crippen LogP contribution in [0.2, 0.25) is 5.02 Å². The summed E-state index contributed by atoms with van der Waals surface area (Å²) < 4.78 is 5.46. The maximum Gasteiger partial charge on any atom is 0.325 e. The van der Waals surface area contributed by atoms with Gasteiger partial charge in [-0.3, -0.25) is 14.6 Å². The zero-order chi connectivity index (χ0) is 23.6. The number of ether oxygens (including phenoxy) is 1. The van der Waals surface area contributed by atoms with E-state index >= 15 is 0 Å². The summed E-state index contributed by atoms with van der Waals surface area (Å²) in [5.41, 5.74) is 0.526. The number of piperazine rings is 1. The molecule has 0 bridgehead atoms. The van der Waals surface area contributed by atoms with Crippen molar-refractivity contribution in [1.29, 1.82) is 0 Å². The molecule has 3 amide bonds. The van der Waals surface area contributed by atoms with E-state index in [9.17, 15) is 14.7 Å². The molecule has 2 atom stereocenters. The Labute approximate surface area is 198 Å². The maximum atomic E-state index is 13.1. The van der Waals surface area contributed by atoms with Crippen molar-refractivity contribution in [3.63, 3.8) is 0 Å². The van der Waals surface area contributed by atoms with E-state index in [0.717, 1.165) is 42.5 Å². The molecule has 9 heteroatoms. The first-order valence-electron chi connectivity index (χ1n) is 11.0. The van der Waals surface area contributed by atoms with E-state index in [2.05, 4.69) is 15.1 Å². The van der Waals surface area contributed by atoms with Gasteiger partial charge in [-0.1, -0.05) is 35.9 Å². The van der Waals surface area contributed by atoms with Crippen LogP contribution in [0.25, 0.3) is 0 Å². The molecule has 0 radical (unpaired) electrons. The zero-order valence-electron chi connectivity index (χ0n) is 18.8. The SMILES string of the molecule is COc1ccccc1N1CCN(CC(O)CN2C(=O)NC(C)(c3ccc(Cl)cc3)C2=O)CC1. The van der Waals surface area contributed by atoms with E-state index in [1.54, 1.807) is 38.3 Å². The molecule has 0 saturated carbocycles. The van der Waals surface area contributed by atoms with Gasteiger partial charge in [0.1, 0.15) is 11.3 Å². The highest BCUT2D eigenvalue weighted by molar-refractivity contribution is 6.30. The highest BCUT2D eigenvalue weighted by atomic mass is 35.5. The molecular weight excluding hydrogens is 444 g/mol. The predicted octanol–water partition coefficient (Wildman–Crippen LogP) is 2.30. The van der Waals surface area contributed by atoms with Gasteiger partial charge in [-0.05, 0) is 36.8 Å². The number of urea groups is 1. The van der Waals surface area contributed by atoms with Crippen LogP contribution in [0.5, 0.6) is 5.75 Å². The quantitative estimate of drug-likeness (QED) is 0.601. The van der Waals surface area contributed by atoms with E-state index in [0.29, 0.717) is 17.1 Å². The molecule has 2 heterocycles. The Hall–Kier alpha value is -2.81. The molecule has 2 aromatic rings. The summed E-state index contributed by atoms with van der Waals surface area (Å²) in [4.78, 5) is 31.1. The summed E-state index contributed by atoms with van der Waals surface area (Å²) >= 11 is 5.95. The van der Waals surface area contributed by atoms with Crippen molar-refractivity contribution in [3.8, 4) is 5.75 Å². The summed E-state index contributed by atoms with van der Waals surface area (Å²) in [5, 5.41) is 14.0. The Kier molecular flexibility index (Phi) is 6.78. The molecule has 2 fully saturated rings. The Balaban J connectivity index is 1.33. The molecule has 33 heavy (non-hydrogen) atoms.